The number of sulfonamides is 1. The molecule has 108 valence electrons. The Morgan fingerprint density at radius 1 is 1.45 bits per heavy atom. The van der Waals surface area contributed by atoms with Crippen LogP contribution in [0.1, 0.15) is 17.0 Å². The second-order valence-corrected chi connectivity index (χ2v) is 5.90. The van der Waals surface area contributed by atoms with E-state index in [2.05, 4.69) is 19.9 Å². The number of benzene rings is 1. The average molecular weight is 300 g/mol. The molecule has 1 heterocycles. The standard InChI is InChI=1S/C11H13FN4O3S/c1-7-2-9(3-8(5-17)11(7)12)20(18,19)15-4-10-13-6-14-16-10/h2-3,6,15,17H,4-5H2,1H3,(H,13,14,16). The first-order chi connectivity index (χ1) is 9.44. The van der Waals surface area contributed by atoms with Gasteiger partial charge < -0.3 is 5.11 Å². The van der Waals surface area contributed by atoms with E-state index in [1.807, 2.05) is 0 Å². The lowest BCUT2D eigenvalue weighted by Crippen LogP contribution is -2.24. The van der Waals surface area contributed by atoms with Crippen molar-refractivity contribution in [2.45, 2.75) is 25.0 Å². The van der Waals surface area contributed by atoms with Crippen molar-refractivity contribution in [2.75, 3.05) is 0 Å². The van der Waals surface area contributed by atoms with Crippen LogP contribution in [0.25, 0.3) is 0 Å². The molecule has 1 aromatic carbocycles. The van der Waals surface area contributed by atoms with Crippen molar-refractivity contribution in [3.05, 3.63) is 41.2 Å². The van der Waals surface area contributed by atoms with Crippen LogP contribution in [0.4, 0.5) is 4.39 Å². The maximum absolute atomic E-state index is 13.6. The van der Waals surface area contributed by atoms with Gasteiger partial charge in [-0.2, -0.15) is 5.10 Å². The first-order valence-corrected chi connectivity index (χ1v) is 7.16. The minimum absolute atomic E-state index is 0.0623. The molecule has 0 aliphatic rings. The number of aliphatic hydroxyl groups excluding tert-OH is 1. The highest BCUT2D eigenvalue weighted by atomic mass is 32.2. The van der Waals surface area contributed by atoms with Crippen molar-refractivity contribution < 1.29 is 17.9 Å². The maximum Gasteiger partial charge on any atom is 0.240 e. The quantitative estimate of drug-likeness (QED) is 0.732. The summed E-state index contributed by atoms with van der Waals surface area (Å²) in [5.74, 6) is -0.253. The first-order valence-electron chi connectivity index (χ1n) is 5.68. The highest BCUT2D eigenvalue weighted by Crippen LogP contribution is 2.19. The number of hydrogen-bond donors (Lipinski definition) is 3. The third kappa shape index (κ3) is 3.00. The molecule has 1 aromatic heterocycles. The summed E-state index contributed by atoms with van der Waals surface area (Å²) >= 11 is 0. The number of nitrogens with zero attached hydrogens (tertiary/aromatic N) is 2. The van der Waals surface area contributed by atoms with E-state index < -0.39 is 22.4 Å². The van der Waals surface area contributed by atoms with Crippen molar-refractivity contribution in [2.24, 2.45) is 0 Å². The predicted molar refractivity (Wildman–Crippen MR) is 67.5 cm³/mol. The number of nitrogens with one attached hydrogen (secondary N) is 2. The van der Waals surface area contributed by atoms with E-state index in [1.54, 1.807) is 0 Å². The van der Waals surface area contributed by atoms with Crippen LogP contribution in [0.3, 0.4) is 0 Å². The highest BCUT2D eigenvalue weighted by Gasteiger charge is 2.18. The van der Waals surface area contributed by atoms with E-state index in [-0.39, 0.29) is 22.6 Å². The van der Waals surface area contributed by atoms with Gasteiger partial charge in [0.1, 0.15) is 18.0 Å². The van der Waals surface area contributed by atoms with Gasteiger partial charge in [-0.25, -0.2) is 22.5 Å². The molecule has 0 aliphatic heterocycles. The summed E-state index contributed by atoms with van der Waals surface area (Å²) in [4.78, 5) is 3.67. The minimum atomic E-state index is -3.82. The fraction of sp³-hybridized carbons (Fsp3) is 0.273. The Labute approximate surface area is 114 Å². The lowest BCUT2D eigenvalue weighted by molar-refractivity contribution is 0.275. The van der Waals surface area contributed by atoms with Crippen LogP contribution >= 0.6 is 0 Å². The zero-order valence-corrected chi connectivity index (χ0v) is 11.4. The van der Waals surface area contributed by atoms with Crippen LogP contribution in [-0.4, -0.2) is 28.7 Å². The maximum atomic E-state index is 13.6. The Kier molecular flexibility index (Phi) is 4.12. The zero-order valence-electron chi connectivity index (χ0n) is 10.6. The van der Waals surface area contributed by atoms with Crippen LogP contribution in [0.5, 0.6) is 0 Å². The van der Waals surface area contributed by atoms with E-state index in [9.17, 15) is 12.8 Å². The largest absolute Gasteiger partial charge is 0.392 e. The van der Waals surface area contributed by atoms with Crippen molar-refractivity contribution in [3.8, 4) is 0 Å². The molecule has 0 saturated carbocycles. The lowest BCUT2D eigenvalue weighted by Gasteiger charge is -2.09. The molecule has 0 radical (unpaired) electrons. The molecule has 0 atom stereocenters. The number of halogens is 1. The van der Waals surface area contributed by atoms with Gasteiger partial charge in [0.25, 0.3) is 0 Å². The number of aromatic amines is 1. The molecule has 2 aromatic rings. The molecule has 0 unspecified atom stereocenters. The number of aromatic nitrogens is 3. The fourth-order valence-electron chi connectivity index (χ4n) is 1.64. The molecule has 3 N–H and O–H groups in total. The summed E-state index contributed by atoms with van der Waals surface area (Å²) in [5.41, 5.74) is 0.0848. The SMILES string of the molecule is Cc1cc(S(=O)(=O)NCc2ncn[nH]2)cc(CO)c1F. The Morgan fingerprint density at radius 3 is 2.80 bits per heavy atom. The van der Waals surface area contributed by atoms with Gasteiger partial charge in [-0.1, -0.05) is 0 Å². The smallest absolute Gasteiger partial charge is 0.240 e. The molecule has 0 fully saturated rings. The summed E-state index contributed by atoms with van der Waals surface area (Å²) in [7, 11) is -3.82. The molecule has 0 saturated heterocycles. The van der Waals surface area contributed by atoms with Crippen molar-refractivity contribution in [3.63, 3.8) is 0 Å². The number of aliphatic hydroxyl groups is 1. The number of rotatable bonds is 5. The van der Waals surface area contributed by atoms with Gasteiger partial charge in [0, 0.05) is 5.56 Å². The fourth-order valence-corrected chi connectivity index (χ4v) is 2.76. The van der Waals surface area contributed by atoms with Gasteiger partial charge in [0.15, 0.2) is 0 Å². The first kappa shape index (κ1) is 14.6. The van der Waals surface area contributed by atoms with Gasteiger partial charge >= 0.3 is 0 Å². The molecule has 0 amide bonds. The molecule has 7 nitrogen and oxygen atoms in total. The lowest BCUT2D eigenvalue weighted by atomic mass is 10.1. The van der Waals surface area contributed by atoms with Gasteiger partial charge in [0.05, 0.1) is 18.0 Å². The number of hydrogen-bond acceptors (Lipinski definition) is 5. The summed E-state index contributed by atoms with van der Waals surface area (Å²) in [6.07, 6.45) is 1.26. The molecule has 0 spiro atoms. The van der Waals surface area contributed by atoms with Crippen LogP contribution < -0.4 is 4.72 Å². The number of aryl methyl sites for hydroxylation is 1. The van der Waals surface area contributed by atoms with E-state index in [4.69, 9.17) is 5.11 Å². The second-order valence-electron chi connectivity index (χ2n) is 4.13. The monoisotopic (exact) mass is 300 g/mol. The summed E-state index contributed by atoms with van der Waals surface area (Å²) < 4.78 is 40.1. The summed E-state index contributed by atoms with van der Waals surface area (Å²) in [5, 5.41) is 15.1. The Balaban J connectivity index is 2.27. The Hall–Kier alpha value is -1.84. The Bertz CT molecular complexity index is 701. The topological polar surface area (TPSA) is 108 Å². The molecule has 0 bridgehead atoms. The van der Waals surface area contributed by atoms with E-state index in [0.717, 1.165) is 6.07 Å². The van der Waals surface area contributed by atoms with Crippen LogP contribution in [-0.2, 0) is 23.2 Å². The summed E-state index contributed by atoms with van der Waals surface area (Å²) in [6.45, 7) is 0.801. The van der Waals surface area contributed by atoms with Gasteiger partial charge in [-0.3, -0.25) is 5.10 Å². The molecule has 0 aliphatic carbocycles. The van der Waals surface area contributed by atoms with Crippen LogP contribution in [0.15, 0.2) is 23.4 Å². The molecular formula is C11H13FN4O3S. The van der Waals surface area contributed by atoms with Crippen molar-refractivity contribution in [1.29, 1.82) is 0 Å². The van der Waals surface area contributed by atoms with Crippen LogP contribution in [0, 0.1) is 12.7 Å². The Morgan fingerprint density at radius 2 is 2.20 bits per heavy atom. The van der Waals surface area contributed by atoms with Gasteiger partial charge in [-0.05, 0) is 24.6 Å². The summed E-state index contributed by atoms with van der Waals surface area (Å²) in [6, 6.07) is 2.31. The van der Waals surface area contributed by atoms with E-state index >= 15 is 0 Å². The van der Waals surface area contributed by atoms with Gasteiger partial charge in [-0.15, -0.1) is 0 Å². The molecular weight excluding hydrogens is 287 g/mol. The number of H-pyrrole nitrogens is 1. The van der Waals surface area contributed by atoms with Crippen molar-refractivity contribution in [1.82, 2.24) is 19.9 Å². The normalized spacial score (nSPS) is 11.8. The highest BCUT2D eigenvalue weighted by molar-refractivity contribution is 7.89. The molecule has 9 heteroatoms. The van der Waals surface area contributed by atoms with E-state index in [0.29, 0.717) is 5.82 Å². The average Bonchev–Trinajstić information content (AvgIpc) is 2.92. The van der Waals surface area contributed by atoms with Gasteiger partial charge in [0.2, 0.25) is 10.0 Å². The minimum Gasteiger partial charge on any atom is -0.392 e. The molecule has 2 rings (SSSR count). The van der Waals surface area contributed by atoms with E-state index in [1.165, 1.54) is 19.3 Å². The van der Waals surface area contributed by atoms with Crippen molar-refractivity contribution >= 4 is 10.0 Å². The molecule has 20 heavy (non-hydrogen) atoms. The third-order valence-electron chi connectivity index (χ3n) is 2.68. The zero-order chi connectivity index (χ0) is 14.8. The second kappa shape index (κ2) is 5.65. The third-order valence-corrected chi connectivity index (χ3v) is 4.06. The predicted octanol–water partition coefficient (Wildman–Crippen LogP) is 0.223. The van der Waals surface area contributed by atoms with Crippen LogP contribution in [0.2, 0.25) is 0 Å².